The Hall–Kier alpha value is -2.64. The summed E-state index contributed by atoms with van der Waals surface area (Å²) in [5.41, 5.74) is 1.03. The highest BCUT2D eigenvalue weighted by Crippen LogP contribution is 2.26. The van der Waals surface area contributed by atoms with Crippen LogP contribution in [0.5, 0.6) is 11.6 Å². The molecule has 6 nitrogen and oxygen atoms in total. The second kappa shape index (κ2) is 9.24. The Morgan fingerprint density at radius 2 is 2.10 bits per heavy atom. The monoisotopic (exact) mass is 416 g/mol. The van der Waals surface area contributed by atoms with E-state index in [1.165, 1.54) is 25.2 Å². The van der Waals surface area contributed by atoms with Crippen molar-refractivity contribution >= 4 is 28.2 Å². The van der Waals surface area contributed by atoms with E-state index in [-0.39, 0.29) is 6.73 Å². The van der Waals surface area contributed by atoms with E-state index in [0.29, 0.717) is 29.1 Å². The molecule has 1 atom stereocenters. The van der Waals surface area contributed by atoms with E-state index in [1.807, 2.05) is 18.2 Å². The third kappa shape index (κ3) is 5.05. The molecule has 0 unspecified atom stereocenters. The number of halogens is 2. The molecule has 0 bridgehead atoms. The number of piperidine rings is 1. The molecular formula is C21H22ClFN4O2. The van der Waals surface area contributed by atoms with E-state index >= 15 is 0 Å². The molecule has 1 aromatic heterocycles. The first-order chi connectivity index (χ1) is 14.2. The van der Waals surface area contributed by atoms with Crippen LogP contribution >= 0.6 is 11.6 Å². The van der Waals surface area contributed by atoms with Gasteiger partial charge in [-0.15, -0.1) is 0 Å². The van der Waals surface area contributed by atoms with Gasteiger partial charge in [-0.2, -0.15) is 0 Å². The first-order valence-electron chi connectivity index (χ1n) is 9.59. The fourth-order valence-electron chi connectivity index (χ4n) is 3.31. The first-order valence-corrected chi connectivity index (χ1v) is 9.97. The Morgan fingerprint density at radius 1 is 1.17 bits per heavy atom. The summed E-state index contributed by atoms with van der Waals surface area (Å²) in [5.74, 6) is 1.28. The molecule has 3 aromatic rings. The van der Waals surface area contributed by atoms with Gasteiger partial charge < -0.3 is 20.1 Å². The number of nitrogens with zero attached hydrogens (tertiary/aromatic N) is 2. The van der Waals surface area contributed by atoms with Crippen LogP contribution < -0.4 is 20.1 Å². The van der Waals surface area contributed by atoms with Crippen molar-refractivity contribution in [2.45, 2.75) is 12.8 Å². The van der Waals surface area contributed by atoms with Crippen molar-refractivity contribution < 1.29 is 13.9 Å². The smallest absolute Gasteiger partial charge is 0.226 e. The van der Waals surface area contributed by atoms with Crippen molar-refractivity contribution in [1.82, 2.24) is 15.3 Å². The van der Waals surface area contributed by atoms with Gasteiger partial charge >= 0.3 is 0 Å². The number of anilines is 1. The highest BCUT2D eigenvalue weighted by Gasteiger charge is 2.14. The summed E-state index contributed by atoms with van der Waals surface area (Å²) in [6, 6.07) is 10.1. The molecule has 2 N–H and O–H groups in total. The second-order valence-corrected chi connectivity index (χ2v) is 7.41. The first kappa shape index (κ1) is 19.7. The fraction of sp³-hybridized carbons (Fsp3) is 0.333. The minimum atomic E-state index is -0.441. The summed E-state index contributed by atoms with van der Waals surface area (Å²) in [7, 11) is 0. The maximum atomic E-state index is 13.8. The molecule has 8 heteroatoms. The van der Waals surface area contributed by atoms with Crippen molar-refractivity contribution in [2.24, 2.45) is 5.92 Å². The van der Waals surface area contributed by atoms with Crippen LogP contribution in [0.25, 0.3) is 10.9 Å². The van der Waals surface area contributed by atoms with E-state index in [0.717, 1.165) is 29.7 Å². The number of hydrogen-bond acceptors (Lipinski definition) is 6. The maximum Gasteiger partial charge on any atom is 0.226 e. The van der Waals surface area contributed by atoms with Gasteiger partial charge in [0, 0.05) is 23.6 Å². The number of aromatic nitrogens is 2. The molecule has 1 aliphatic heterocycles. The normalized spacial score (nSPS) is 16.6. The molecule has 29 heavy (non-hydrogen) atoms. The zero-order chi connectivity index (χ0) is 20.1. The quantitative estimate of drug-likeness (QED) is 0.561. The Kier molecular flexibility index (Phi) is 6.27. The molecule has 1 fully saturated rings. The van der Waals surface area contributed by atoms with Crippen molar-refractivity contribution in [3.8, 4) is 11.6 Å². The van der Waals surface area contributed by atoms with Gasteiger partial charge in [-0.25, -0.2) is 14.4 Å². The molecular weight excluding hydrogens is 395 g/mol. The summed E-state index contributed by atoms with van der Waals surface area (Å²) in [4.78, 5) is 8.50. The van der Waals surface area contributed by atoms with Crippen molar-refractivity contribution in [2.75, 3.05) is 31.7 Å². The van der Waals surface area contributed by atoms with Crippen LogP contribution in [0, 0.1) is 11.7 Å². The lowest BCUT2D eigenvalue weighted by Crippen LogP contribution is -2.33. The van der Waals surface area contributed by atoms with Crippen LogP contribution in [0.1, 0.15) is 12.8 Å². The Morgan fingerprint density at radius 3 is 2.93 bits per heavy atom. The van der Waals surface area contributed by atoms with Crippen LogP contribution in [0.2, 0.25) is 5.02 Å². The lowest BCUT2D eigenvalue weighted by Gasteiger charge is -2.22. The largest absolute Gasteiger partial charge is 0.493 e. The number of benzene rings is 2. The zero-order valence-electron chi connectivity index (χ0n) is 15.8. The molecule has 0 aliphatic carbocycles. The Labute approximate surface area is 173 Å². The summed E-state index contributed by atoms with van der Waals surface area (Å²) in [5, 5.41) is 7.37. The lowest BCUT2D eigenvalue weighted by atomic mass is 10.0. The number of fused-ring (bicyclic) bond motifs is 1. The number of nitrogens with one attached hydrogen (secondary N) is 2. The molecule has 0 amide bonds. The molecule has 0 saturated carbocycles. The second-order valence-electron chi connectivity index (χ2n) is 6.97. The van der Waals surface area contributed by atoms with Gasteiger partial charge in [0.25, 0.3) is 0 Å². The van der Waals surface area contributed by atoms with E-state index in [1.54, 1.807) is 12.1 Å². The third-order valence-electron chi connectivity index (χ3n) is 4.86. The Bertz CT molecular complexity index is 982. The highest BCUT2D eigenvalue weighted by atomic mass is 35.5. The van der Waals surface area contributed by atoms with Gasteiger partial charge in [-0.3, -0.25) is 0 Å². The molecule has 0 radical (unpaired) electrons. The molecule has 2 heterocycles. The van der Waals surface area contributed by atoms with Crippen LogP contribution in [-0.2, 0) is 0 Å². The molecule has 2 aromatic carbocycles. The van der Waals surface area contributed by atoms with Gasteiger partial charge in [-0.05, 0) is 49.7 Å². The molecule has 1 saturated heterocycles. The zero-order valence-corrected chi connectivity index (χ0v) is 16.6. The van der Waals surface area contributed by atoms with E-state index in [9.17, 15) is 4.39 Å². The van der Waals surface area contributed by atoms with Crippen LogP contribution in [0.4, 0.5) is 10.1 Å². The fourth-order valence-corrected chi connectivity index (χ4v) is 3.47. The van der Waals surface area contributed by atoms with Gasteiger partial charge in [0.2, 0.25) is 5.88 Å². The minimum Gasteiger partial charge on any atom is -0.493 e. The molecule has 1 aliphatic rings. The average Bonchev–Trinajstić information content (AvgIpc) is 2.74. The van der Waals surface area contributed by atoms with Crippen LogP contribution in [0.3, 0.4) is 0 Å². The van der Waals surface area contributed by atoms with E-state index < -0.39 is 5.82 Å². The maximum absolute atomic E-state index is 13.8. The van der Waals surface area contributed by atoms with E-state index in [2.05, 4.69) is 20.6 Å². The summed E-state index contributed by atoms with van der Waals surface area (Å²) >= 11 is 5.76. The van der Waals surface area contributed by atoms with Crippen LogP contribution in [0.15, 0.2) is 42.7 Å². The third-order valence-corrected chi connectivity index (χ3v) is 5.09. The van der Waals surface area contributed by atoms with Gasteiger partial charge in [0.1, 0.15) is 17.9 Å². The average molecular weight is 417 g/mol. The molecule has 152 valence electrons. The van der Waals surface area contributed by atoms with Crippen molar-refractivity contribution in [3.05, 3.63) is 53.6 Å². The van der Waals surface area contributed by atoms with Gasteiger partial charge in [-0.1, -0.05) is 11.6 Å². The molecule has 0 spiro atoms. The Balaban J connectivity index is 1.39. The lowest BCUT2D eigenvalue weighted by molar-refractivity contribution is 0.218. The predicted molar refractivity (Wildman–Crippen MR) is 111 cm³/mol. The summed E-state index contributed by atoms with van der Waals surface area (Å²) < 4.78 is 25.5. The van der Waals surface area contributed by atoms with Gasteiger partial charge in [0.05, 0.1) is 23.2 Å². The summed E-state index contributed by atoms with van der Waals surface area (Å²) in [6.07, 6.45) is 3.81. The predicted octanol–water partition coefficient (Wildman–Crippen LogP) is 4.25. The van der Waals surface area contributed by atoms with Crippen molar-refractivity contribution in [1.29, 1.82) is 0 Å². The van der Waals surface area contributed by atoms with Crippen LogP contribution in [-0.4, -0.2) is 36.4 Å². The number of hydrogen-bond donors (Lipinski definition) is 2. The topological polar surface area (TPSA) is 68.3 Å². The summed E-state index contributed by atoms with van der Waals surface area (Å²) in [6.45, 7) is 2.82. The SMILES string of the molecule is Fc1cc(Cl)ccc1NCOc1ncnc2cc(OC[C@H]3CCCNC3)ccc12. The minimum absolute atomic E-state index is 0.0532. The number of ether oxygens (including phenoxy) is 2. The highest BCUT2D eigenvalue weighted by molar-refractivity contribution is 6.30. The van der Waals surface area contributed by atoms with Gasteiger partial charge in [0.15, 0.2) is 6.73 Å². The van der Waals surface area contributed by atoms with E-state index in [4.69, 9.17) is 21.1 Å². The van der Waals surface area contributed by atoms with Crippen molar-refractivity contribution in [3.63, 3.8) is 0 Å². The standard InChI is InChI=1S/C21H22ClFN4O2/c22-15-3-6-19(18(23)8-15)27-13-29-21-17-5-4-16(9-20(17)25-12-26-21)28-11-14-2-1-7-24-10-14/h3-6,8-9,12,14,24,27H,1-2,7,10-11,13H2/t14-/m0/s1. The molecule has 4 rings (SSSR count). The number of rotatable bonds is 7.